The Balaban J connectivity index is 2.11. The highest BCUT2D eigenvalue weighted by Gasteiger charge is 2.03. The molecule has 0 spiro atoms. The Bertz CT molecular complexity index is 481. The molecule has 2 aromatic rings. The molecule has 0 unspecified atom stereocenters. The molecule has 0 heterocycles. The van der Waals surface area contributed by atoms with Crippen LogP contribution in [0.25, 0.3) is 0 Å². The van der Waals surface area contributed by atoms with Crippen molar-refractivity contribution in [3.8, 4) is 11.5 Å². The molecule has 94 valence electrons. The first kappa shape index (κ1) is 12.6. The van der Waals surface area contributed by atoms with E-state index in [2.05, 4.69) is 0 Å². The monoisotopic (exact) mass is 270 g/mol. The lowest BCUT2D eigenvalue weighted by Crippen LogP contribution is -1.96. The molecule has 0 atom stereocenters. The average Bonchev–Trinajstić information content (AvgIpc) is 2.23. The first-order chi connectivity index (χ1) is 8.52. The lowest BCUT2D eigenvalue weighted by molar-refractivity contribution is 0.302. The number of halogens is 3. The van der Waals surface area contributed by atoms with Gasteiger partial charge in [-0.25, -0.2) is 8.78 Å². The Kier molecular flexibility index (Phi) is 3.67. The van der Waals surface area contributed by atoms with Crippen molar-refractivity contribution in [2.24, 2.45) is 0 Å². The summed E-state index contributed by atoms with van der Waals surface area (Å²) in [5.74, 6) is -1.15. The molecular formula is C13H9ClF2O2. The van der Waals surface area contributed by atoms with Gasteiger partial charge in [-0.2, -0.15) is 0 Å². The van der Waals surface area contributed by atoms with Gasteiger partial charge in [0.15, 0.2) is 0 Å². The van der Waals surface area contributed by atoms with Gasteiger partial charge in [0.2, 0.25) is 0 Å². The molecular weight excluding hydrogens is 262 g/mol. The predicted molar refractivity (Wildman–Crippen MR) is 63.8 cm³/mol. The number of ether oxygens (including phenoxy) is 1. The Labute approximate surface area is 107 Å². The van der Waals surface area contributed by atoms with Gasteiger partial charge in [-0.05, 0) is 23.8 Å². The maximum absolute atomic E-state index is 13.0. The van der Waals surface area contributed by atoms with Gasteiger partial charge in [0.1, 0.15) is 29.7 Å². The molecule has 5 heteroatoms. The molecule has 0 saturated carbocycles. The summed E-state index contributed by atoms with van der Waals surface area (Å²) < 4.78 is 31.2. The third-order valence-electron chi connectivity index (χ3n) is 2.18. The zero-order valence-corrected chi connectivity index (χ0v) is 9.92. The smallest absolute Gasteiger partial charge is 0.130 e. The van der Waals surface area contributed by atoms with Crippen molar-refractivity contribution in [2.75, 3.05) is 0 Å². The molecule has 0 amide bonds. The van der Waals surface area contributed by atoms with Crippen molar-refractivity contribution >= 4 is 11.6 Å². The number of benzene rings is 2. The fourth-order valence-corrected chi connectivity index (χ4v) is 1.74. The average molecular weight is 271 g/mol. The lowest BCUT2D eigenvalue weighted by atomic mass is 10.2. The maximum Gasteiger partial charge on any atom is 0.130 e. The molecule has 0 aromatic heterocycles. The van der Waals surface area contributed by atoms with E-state index < -0.39 is 11.6 Å². The minimum Gasteiger partial charge on any atom is -0.508 e. The molecule has 0 saturated heterocycles. The van der Waals surface area contributed by atoms with Crippen LogP contribution in [0.15, 0.2) is 36.4 Å². The molecule has 0 bridgehead atoms. The molecule has 0 aliphatic rings. The second-order valence-electron chi connectivity index (χ2n) is 3.71. The van der Waals surface area contributed by atoms with Crippen molar-refractivity contribution in [1.82, 2.24) is 0 Å². The molecule has 0 radical (unpaired) electrons. The summed E-state index contributed by atoms with van der Waals surface area (Å²) in [6.45, 7) is 0.0281. The standard InChI is InChI=1S/C13H9ClF2O2/c14-9-1-8(2-10(15)3-9)7-18-13-5-11(16)4-12(17)6-13/h1-6,17H,7H2. The maximum atomic E-state index is 13.0. The van der Waals surface area contributed by atoms with E-state index in [0.717, 1.165) is 12.1 Å². The Morgan fingerprint density at radius 2 is 1.72 bits per heavy atom. The molecule has 0 aliphatic heterocycles. The second kappa shape index (κ2) is 5.23. The normalized spacial score (nSPS) is 10.4. The van der Waals surface area contributed by atoms with Crippen LogP contribution in [0, 0.1) is 11.6 Å². The fraction of sp³-hybridized carbons (Fsp3) is 0.0769. The van der Waals surface area contributed by atoms with Crippen LogP contribution in [0.1, 0.15) is 5.56 Å². The van der Waals surface area contributed by atoms with Gasteiger partial charge >= 0.3 is 0 Å². The number of phenols is 1. The Hall–Kier alpha value is -1.81. The van der Waals surface area contributed by atoms with E-state index in [1.807, 2.05) is 0 Å². The zero-order chi connectivity index (χ0) is 13.1. The molecule has 0 fully saturated rings. The highest BCUT2D eigenvalue weighted by molar-refractivity contribution is 6.30. The lowest BCUT2D eigenvalue weighted by Gasteiger charge is -2.07. The van der Waals surface area contributed by atoms with Gasteiger partial charge in [-0.3, -0.25) is 0 Å². The van der Waals surface area contributed by atoms with Gasteiger partial charge in [0.25, 0.3) is 0 Å². The SMILES string of the molecule is Oc1cc(F)cc(OCc2cc(F)cc(Cl)c2)c1. The summed E-state index contributed by atoms with van der Waals surface area (Å²) in [5, 5.41) is 9.44. The largest absolute Gasteiger partial charge is 0.508 e. The van der Waals surface area contributed by atoms with Crippen LogP contribution in [0.5, 0.6) is 11.5 Å². The Morgan fingerprint density at radius 1 is 1.00 bits per heavy atom. The van der Waals surface area contributed by atoms with Crippen LogP contribution in [0.4, 0.5) is 8.78 Å². The summed E-state index contributed by atoms with van der Waals surface area (Å²) in [6, 6.07) is 7.35. The number of hydrogen-bond acceptors (Lipinski definition) is 2. The third-order valence-corrected chi connectivity index (χ3v) is 2.40. The molecule has 2 aromatic carbocycles. The van der Waals surface area contributed by atoms with E-state index in [1.165, 1.54) is 18.2 Å². The van der Waals surface area contributed by atoms with Crippen LogP contribution in [-0.4, -0.2) is 5.11 Å². The minimum absolute atomic E-state index is 0.0281. The first-order valence-electron chi connectivity index (χ1n) is 5.10. The number of hydrogen-bond donors (Lipinski definition) is 1. The van der Waals surface area contributed by atoms with Crippen LogP contribution in [0.3, 0.4) is 0 Å². The van der Waals surface area contributed by atoms with Gasteiger partial charge in [-0.15, -0.1) is 0 Å². The first-order valence-corrected chi connectivity index (χ1v) is 5.48. The van der Waals surface area contributed by atoms with Crippen molar-refractivity contribution in [3.63, 3.8) is 0 Å². The molecule has 2 nitrogen and oxygen atoms in total. The van der Waals surface area contributed by atoms with Gasteiger partial charge in [-0.1, -0.05) is 11.6 Å². The minimum atomic E-state index is -0.609. The van der Waals surface area contributed by atoms with Crippen molar-refractivity contribution in [1.29, 1.82) is 0 Å². The second-order valence-corrected chi connectivity index (χ2v) is 4.15. The van der Waals surface area contributed by atoms with E-state index in [4.69, 9.17) is 16.3 Å². The summed E-state index contributed by atoms with van der Waals surface area (Å²) >= 11 is 5.69. The van der Waals surface area contributed by atoms with Gasteiger partial charge < -0.3 is 9.84 Å². The van der Waals surface area contributed by atoms with E-state index in [1.54, 1.807) is 6.07 Å². The summed E-state index contributed by atoms with van der Waals surface area (Å²) in [7, 11) is 0. The van der Waals surface area contributed by atoms with E-state index >= 15 is 0 Å². The zero-order valence-electron chi connectivity index (χ0n) is 9.16. The third kappa shape index (κ3) is 3.34. The summed E-state index contributed by atoms with van der Waals surface area (Å²) in [5.41, 5.74) is 0.517. The van der Waals surface area contributed by atoms with Crippen molar-refractivity contribution in [2.45, 2.75) is 6.61 Å². The highest BCUT2D eigenvalue weighted by atomic mass is 35.5. The number of rotatable bonds is 3. The molecule has 1 N–H and O–H groups in total. The van der Waals surface area contributed by atoms with Crippen molar-refractivity contribution < 1.29 is 18.6 Å². The highest BCUT2D eigenvalue weighted by Crippen LogP contribution is 2.22. The van der Waals surface area contributed by atoms with Gasteiger partial charge in [0, 0.05) is 23.2 Å². The topological polar surface area (TPSA) is 29.5 Å². The van der Waals surface area contributed by atoms with Gasteiger partial charge in [0.05, 0.1) is 0 Å². The molecule has 2 rings (SSSR count). The van der Waals surface area contributed by atoms with Crippen LogP contribution >= 0.6 is 11.6 Å². The van der Waals surface area contributed by atoms with E-state index in [0.29, 0.717) is 5.56 Å². The van der Waals surface area contributed by atoms with E-state index in [-0.39, 0.29) is 23.1 Å². The van der Waals surface area contributed by atoms with Crippen molar-refractivity contribution in [3.05, 3.63) is 58.6 Å². The molecule has 18 heavy (non-hydrogen) atoms. The van der Waals surface area contributed by atoms with Crippen LogP contribution in [0.2, 0.25) is 5.02 Å². The quantitative estimate of drug-likeness (QED) is 0.916. The number of phenolic OH excluding ortho intramolecular Hbond substituents is 1. The Morgan fingerprint density at radius 3 is 2.39 bits per heavy atom. The fourth-order valence-electron chi connectivity index (χ4n) is 1.49. The summed E-state index contributed by atoms with van der Waals surface area (Å²) in [4.78, 5) is 0. The number of aromatic hydroxyl groups is 1. The predicted octanol–water partition coefficient (Wildman–Crippen LogP) is 3.90. The van der Waals surface area contributed by atoms with Crippen LogP contribution in [-0.2, 0) is 6.61 Å². The summed E-state index contributed by atoms with van der Waals surface area (Å²) in [6.07, 6.45) is 0. The van der Waals surface area contributed by atoms with Crippen LogP contribution < -0.4 is 4.74 Å². The van der Waals surface area contributed by atoms with E-state index in [9.17, 15) is 13.9 Å². The molecule has 0 aliphatic carbocycles.